The molecule has 1 unspecified atom stereocenters. The van der Waals surface area contributed by atoms with Crippen molar-refractivity contribution >= 4 is 61.3 Å². The maximum atomic E-state index is 14.5. The molecular weight excluding hydrogens is 634 g/mol. The maximum absolute atomic E-state index is 14.5. The van der Waals surface area contributed by atoms with Gasteiger partial charge >= 0.3 is 5.97 Å². The largest absolute Gasteiger partial charge is 0.475 e. The molecule has 2 aromatic heterocycles. The van der Waals surface area contributed by atoms with Gasteiger partial charge in [-0.15, -0.1) is 11.3 Å². The molecule has 12 heteroatoms. The van der Waals surface area contributed by atoms with Crippen LogP contribution in [0.3, 0.4) is 0 Å². The maximum Gasteiger partial charge on any atom is 0.372 e. The number of rotatable bonds is 10. The van der Waals surface area contributed by atoms with E-state index in [4.69, 9.17) is 16.0 Å². The van der Waals surface area contributed by atoms with Crippen LogP contribution in [0.5, 0.6) is 0 Å². The van der Waals surface area contributed by atoms with E-state index in [9.17, 15) is 23.4 Å². The van der Waals surface area contributed by atoms with E-state index >= 15 is 0 Å². The molecule has 3 heterocycles. The monoisotopic (exact) mass is 665 g/mol. The molecule has 1 saturated heterocycles. The molecule has 0 bridgehead atoms. The number of para-hydroxylation sites is 2. The second-order valence-corrected chi connectivity index (χ2v) is 14.5. The zero-order valence-electron chi connectivity index (χ0n) is 24.5. The van der Waals surface area contributed by atoms with Crippen LogP contribution in [0.25, 0.3) is 11.0 Å². The van der Waals surface area contributed by atoms with Gasteiger partial charge < -0.3 is 19.5 Å². The minimum atomic E-state index is -4.11. The molecular formula is C33H32ClN3O6S2. The van der Waals surface area contributed by atoms with Crippen LogP contribution in [0, 0.1) is 6.92 Å². The molecule has 234 valence electrons. The van der Waals surface area contributed by atoms with E-state index in [1.54, 1.807) is 13.0 Å². The summed E-state index contributed by atoms with van der Waals surface area (Å²) in [6.45, 7) is 4.10. The fraction of sp³-hybridized carbons (Fsp3) is 0.242. The molecule has 3 aromatic carbocycles. The lowest BCUT2D eigenvalue weighted by atomic mass is 10.1. The average molecular weight is 666 g/mol. The van der Waals surface area contributed by atoms with E-state index in [0.717, 1.165) is 16.1 Å². The van der Waals surface area contributed by atoms with Gasteiger partial charge in [-0.05, 0) is 61.4 Å². The Bertz CT molecular complexity index is 1930. The van der Waals surface area contributed by atoms with Gasteiger partial charge in [0.15, 0.2) is 0 Å². The number of carbonyl (C=O) groups is 1. The Morgan fingerprint density at radius 3 is 2.40 bits per heavy atom. The number of hydrogen-bond acceptors (Lipinski definition) is 8. The molecule has 2 N–H and O–H groups in total. The van der Waals surface area contributed by atoms with Crippen LogP contribution < -0.4 is 9.21 Å². The van der Waals surface area contributed by atoms with E-state index in [2.05, 4.69) is 4.90 Å². The number of thiophene rings is 1. The molecule has 9 nitrogen and oxygen atoms in total. The number of fused-ring (bicyclic) bond motifs is 1. The lowest BCUT2D eigenvalue weighted by Crippen LogP contribution is -2.48. The van der Waals surface area contributed by atoms with Gasteiger partial charge in [0.25, 0.3) is 10.0 Å². The van der Waals surface area contributed by atoms with Crippen LogP contribution in [0.4, 0.5) is 11.4 Å². The summed E-state index contributed by atoms with van der Waals surface area (Å²) in [4.78, 5) is 16.6. The summed E-state index contributed by atoms with van der Waals surface area (Å²) in [5.74, 6) is -1.42. The summed E-state index contributed by atoms with van der Waals surface area (Å²) < 4.78 is 36.5. The van der Waals surface area contributed by atoms with E-state index in [-0.39, 0.29) is 17.2 Å². The predicted octanol–water partition coefficient (Wildman–Crippen LogP) is 6.41. The number of hydrogen-bond donors (Lipinski definition) is 2. The summed E-state index contributed by atoms with van der Waals surface area (Å²) in [6, 6.07) is 25.2. The highest BCUT2D eigenvalue weighted by molar-refractivity contribution is 7.92. The molecule has 45 heavy (non-hydrogen) atoms. The number of aryl methyl sites for hydroxylation is 1. The highest BCUT2D eigenvalue weighted by atomic mass is 35.5. The van der Waals surface area contributed by atoms with Gasteiger partial charge in [0, 0.05) is 48.6 Å². The summed E-state index contributed by atoms with van der Waals surface area (Å²) in [6.07, 6.45) is -0.279. The molecule has 1 aliphatic heterocycles. The molecule has 0 saturated carbocycles. The van der Waals surface area contributed by atoms with Crippen molar-refractivity contribution in [3.63, 3.8) is 0 Å². The number of piperazine rings is 1. The van der Waals surface area contributed by atoms with Crippen LogP contribution >= 0.6 is 22.9 Å². The Labute approximate surface area is 270 Å². The molecule has 1 fully saturated rings. The van der Waals surface area contributed by atoms with Crippen molar-refractivity contribution < 1.29 is 27.8 Å². The number of benzene rings is 3. The number of carboxylic acids is 1. The SMILES string of the molecule is Cc1c(C(=O)O)oc2ccc(S(=O)(=O)N(CCc3ccccc3)c3ccccc3N3CCN(C(O)c4ccc(Cl)s4)CC3)cc12. The van der Waals surface area contributed by atoms with Crippen LogP contribution in [-0.2, 0) is 16.4 Å². The van der Waals surface area contributed by atoms with E-state index < -0.39 is 22.2 Å². The minimum Gasteiger partial charge on any atom is -0.475 e. The van der Waals surface area contributed by atoms with Gasteiger partial charge in [-0.2, -0.15) is 0 Å². The van der Waals surface area contributed by atoms with Gasteiger partial charge in [-0.1, -0.05) is 54.1 Å². The third kappa shape index (κ3) is 6.31. The summed E-state index contributed by atoms with van der Waals surface area (Å²) in [5, 5.41) is 20.9. The smallest absolute Gasteiger partial charge is 0.372 e. The van der Waals surface area contributed by atoms with Crippen LogP contribution in [0.2, 0.25) is 4.34 Å². The molecule has 6 rings (SSSR count). The number of aliphatic hydroxyl groups excluding tert-OH is 1. The third-order valence-electron chi connectivity index (χ3n) is 8.14. The van der Waals surface area contributed by atoms with Crippen LogP contribution in [0.1, 0.15) is 32.8 Å². The van der Waals surface area contributed by atoms with Gasteiger partial charge in [0.05, 0.1) is 20.6 Å². The van der Waals surface area contributed by atoms with Crippen molar-refractivity contribution in [1.82, 2.24) is 4.90 Å². The summed E-state index contributed by atoms with van der Waals surface area (Å²) in [5.41, 5.74) is 3.00. The van der Waals surface area contributed by atoms with Crippen molar-refractivity contribution in [2.75, 3.05) is 41.9 Å². The molecule has 1 atom stereocenters. The molecule has 0 radical (unpaired) electrons. The molecule has 1 aliphatic rings. The predicted molar refractivity (Wildman–Crippen MR) is 177 cm³/mol. The normalized spacial score (nSPS) is 15.0. The summed E-state index contributed by atoms with van der Waals surface area (Å²) in [7, 11) is -4.11. The van der Waals surface area contributed by atoms with Crippen molar-refractivity contribution in [2.24, 2.45) is 0 Å². The first-order valence-electron chi connectivity index (χ1n) is 14.5. The highest BCUT2D eigenvalue weighted by Gasteiger charge is 2.31. The van der Waals surface area contributed by atoms with Gasteiger partial charge in [-0.3, -0.25) is 9.21 Å². The molecule has 0 spiro atoms. The number of halogens is 1. The zero-order valence-corrected chi connectivity index (χ0v) is 26.9. The van der Waals surface area contributed by atoms with Crippen LogP contribution in [-0.4, -0.2) is 62.2 Å². The van der Waals surface area contributed by atoms with Crippen molar-refractivity contribution in [2.45, 2.75) is 24.5 Å². The third-order valence-corrected chi connectivity index (χ3v) is 11.2. The lowest BCUT2D eigenvalue weighted by Gasteiger charge is -2.39. The topological polar surface area (TPSA) is 115 Å². The number of aromatic carboxylic acids is 1. The first-order chi connectivity index (χ1) is 21.6. The second kappa shape index (κ2) is 12.9. The second-order valence-electron chi connectivity index (χ2n) is 10.9. The first kappa shape index (κ1) is 31.1. The van der Waals surface area contributed by atoms with Gasteiger partial charge in [-0.25, -0.2) is 13.2 Å². The minimum absolute atomic E-state index is 0.0428. The number of aliphatic hydroxyl groups is 1. The van der Waals surface area contributed by atoms with E-state index in [0.29, 0.717) is 59.2 Å². The standard InChI is InChI=1S/C33H32ClN3O6S2/c1-22-25-21-24(11-12-28(25)43-31(22)33(39)40)45(41,42)37(16-15-23-7-3-2-4-8-23)27-10-6-5-9-26(27)35-17-19-36(20-18-35)32(38)29-13-14-30(34)44-29/h2-14,21,32,38H,15-20H2,1H3,(H,39,40). The zero-order chi connectivity index (χ0) is 31.7. The van der Waals surface area contributed by atoms with Crippen molar-refractivity contribution in [1.29, 1.82) is 0 Å². The molecule has 0 amide bonds. The van der Waals surface area contributed by atoms with Gasteiger partial charge in [0.2, 0.25) is 5.76 Å². The Morgan fingerprint density at radius 2 is 1.71 bits per heavy atom. The Balaban J connectivity index is 1.34. The quantitative estimate of drug-likeness (QED) is 0.176. The number of furan rings is 1. The number of nitrogens with zero attached hydrogens (tertiary/aromatic N) is 3. The van der Waals surface area contributed by atoms with Gasteiger partial charge in [0.1, 0.15) is 11.8 Å². The number of anilines is 2. The molecule has 5 aromatic rings. The lowest BCUT2D eigenvalue weighted by molar-refractivity contribution is 0.00112. The Morgan fingerprint density at radius 1 is 1.00 bits per heavy atom. The highest BCUT2D eigenvalue weighted by Crippen LogP contribution is 2.37. The van der Waals surface area contributed by atoms with E-state index in [1.807, 2.05) is 65.6 Å². The van der Waals surface area contributed by atoms with Crippen LogP contribution in [0.15, 0.2) is 94.2 Å². The van der Waals surface area contributed by atoms with Crippen molar-refractivity contribution in [3.05, 3.63) is 111 Å². The number of carboxylic acid groups (broad SMARTS) is 1. The fourth-order valence-corrected chi connectivity index (χ4v) is 8.32. The average Bonchev–Trinajstić information content (AvgIpc) is 3.64. The van der Waals surface area contributed by atoms with Crippen molar-refractivity contribution in [3.8, 4) is 0 Å². The number of sulfonamides is 1. The summed E-state index contributed by atoms with van der Waals surface area (Å²) >= 11 is 7.44. The Hall–Kier alpha value is -3.87. The fourth-order valence-electron chi connectivity index (χ4n) is 5.73. The molecule has 0 aliphatic carbocycles. The first-order valence-corrected chi connectivity index (χ1v) is 17.1. The Kier molecular flexibility index (Phi) is 8.89. The van der Waals surface area contributed by atoms with E-state index in [1.165, 1.54) is 33.8 Å².